The van der Waals surface area contributed by atoms with E-state index in [9.17, 15) is 14.4 Å². The first kappa shape index (κ1) is 17.3. The van der Waals surface area contributed by atoms with Gasteiger partial charge < -0.3 is 19.8 Å². The molecule has 2 aromatic rings. The van der Waals surface area contributed by atoms with Gasteiger partial charge in [-0.3, -0.25) is 9.59 Å². The molecule has 0 fully saturated rings. The zero-order valence-corrected chi connectivity index (χ0v) is 13.6. The lowest BCUT2D eigenvalue weighted by Crippen LogP contribution is -2.21. The molecule has 0 aliphatic heterocycles. The van der Waals surface area contributed by atoms with Crippen molar-refractivity contribution in [2.24, 2.45) is 0 Å². The number of nitrogens with one attached hydrogen (secondary N) is 2. The van der Waals surface area contributed by atoms with Crippen LogP contribution in [0, 0.1) is 13.8 Å². The molecule has 1 heterocycles. The van der Waals surface area contributed by atoms with E-state index in [2.05, 4.69) is 10.6 Å². The van der Waals surface area contributed by atoms with Crippen molar-refractivity contribution in [3.63, 3.8) is 0 Å². The Kier molecular flexibility index (Phi) is 5.36. The molecule has 0 saturated heterocycles. The lowest BCUT2D eigenvalue weighted by atomic mass is 10.2. The molecular weight excluding hydrogens is 312 g/mol. The third kappa shape index (κ3) is 4.70. The van der Waals surface area contributed by atoms with Crippen molar-refractivity contribution in [3.8, 4) is 0 Å². The fourth-order valence-electron chi connectivity index (χ4n) is 2.12. The Hall–Kier alpha value is -3.09. The Balaban J connectivity index is 1.90. The first-order valence-corrected chi connectivity index (χ1v) is 7.27. The summed E-state index contributed by atoms with van der Waals surface area (Å²) in [6.45, 7) is 4.34. The van der Waals surface area contributed by atoms with Crippen LogP contribution in [0.1, 0.15) is 28.8 Å². The third-order valence-electron chi connectivity index (χ3n) is 3.06. The van der Waals surface area contributed by atoms with E-state index in [1.165, 1.54) is 6.92 Å². The normalized spacial score (nSPS) is 10.1. The molecule has 2 amide bonds. The van der Waals surface area contributed by atoms with E-state index in [1.54, 1.807) is 44.2 Å². The Morgan fingerprint density at radius 1 is 1.08 bits per heavy atom. The molecule has 0 aliphatic rings. The van der Waals surface area contributed by atoms with Crippen LogP contribution >= 0.6 is 0 Å². The highest BCUT2D eigenvalue weighted by Crippen LogP contribution is 2.16. The van der Waals surface area contributed by atoms with E-state index in [0.717, 1.165) is 0 Å². The second kappa shape index (κ2) is 7.45. The van der Waals surface area contributed by atoms with Crippen molar-refractivity contribution in [3.05, 3.63) is 47.4 Å². The lowest BCUT2D eigenvalue weighted by Gasteiger charge is -2.08. The number of benzene rings is 1. The predicted molar refractivity (Wildman–Crippen MR) is 87.8 cm³/mol. The molecule has 0 saturated carbocycles. The van der Waals surface area contributed by atoms with Gasteiger partial charge >= 0.3 is 5.97 Å². The van der Waals surface area contributed by atoms with Gasteiger partial charge in [0.2, 0.25) is 5.91 Å². The van der Waals surface area contributed by atoms with Crippen molar-refractivity contribution in [1.82, 2.24) is 0 Å². The number of aryl methyl sites for hydroxylation is 2. The minimum Gasteiger partial charge on any atom is -0.466 e. The molecule has 0 unspecified atom stereocenters. The number of hydrogen-bond acceptors (Lipinski definition) is 5. The molecule has 7 nitrogen and oxygen atoms in total. The van der Waals surface area contributed by atoms with Crippen molar-refractivity contribution in [2.45, 2.75) is 20.8 Å². The summed E-state index contributed by atoms with van der Waals surface area (Å²) in [5.74, 6) is -0.273. The summed E-state index contributed by atoms with van der Waals surface area (Å²) in [5, 5.41) is 5.20. The van der Waals surface area contributed by atoms with Crippen LogP contribution in [0.3, 0.4) is 0 Å². The zero-order chi connectivity index (χ0) is 17.7. The molecule has 0 aliphatic carbocycles. The summed E-state index contributed by atoms with van der Waals surface area (Å²) in [6.07, 6.45) is 0. The summed E-state index contributed by atoms with van der Waals surface area (Å²) in [7, 11) is 0. The van der Waals surface area contributed by atoms with Crippen molar-refractivity contribution in [2.75, 3.05) is 17.2 Å². The van der Waals surface area contributed by atoms with Gasteiger partial charge in [0.25, 0.3) is 5.91 Å². The molecule has 7 heteroatoms. The minimum atomic E-state index is -0.619. The first-order chi connectivity index (χ1) is 11.3. The number of rotatable bonds is 5. The predicted octanol–water partition coefficient (Wildman–Crippen LogP) is 2.65. The van der Waals surface area contributed by atoms with Crippen LogP contribution in [0.2, 0.25) is 0 Å². The topological polar surface area (TPSA) is 97.6 Å². The van der Waals surface area contributed by atoms with Crippen LogP contribution in [0.15, 0.2) is 34.7 Å². The van der Waals surface area contributed by atoms with E-state index in [-0.39, 0.29) is 5.91 Å². The van der Waals surface area contributed by atoms with Gasteiger partial charge in [-0.2, -0.15) is 0 Å². The number of amides is 2. The molecule has 126 valence electrons. The van der Waals surface area contributed by atoms with Gasteiger partial charge in [0.1, 0.15) is 17.1 Å². The molecule has 1 aromatic carbocycles. The molecule has 0 bridgehead atoms. The maximum absolute atomic E-state index is 11.9. The van der Waals surface area contributed by atoms with Crippen LogP contribution in [0.4, 0.5) is 11.4 Å². The van der Waals surface area contributed by atoms with E-state index < -0.39 is 18.5 Å². The van der Waals surface area contributed by atoms with Gasteiger partial charge in [-0.05, 0) is 38.1 Å². The second-order valence-corrected chi connectivity index (χ2v) is 5.21. The van der Waals surface area contributed by atoms with Gasteiger partial charge in [-0.1, -0.05) is 6.07 Å². The van der Waals surface area contributed by atoms with Gasteiger partial charge in [0.05, 0.1) is 0 Å². The molecule has 0 radical (unpaired) electrons. The van der Waals surface area contributed by atoms with E-state index in [0.29, 0.717) is 28.5 Å². The standard InChI is InChI=1S/C17H18N2O5/c1-10-7-15(11(2)24-10)17(22)23-9-16(21)19-14-6-4-5-13(8-14)18-12(3)20/h4-8H,9H2,1-3H3,(H,18,20)(H,19,21). The first-order valence-electron chi connectivity index (χ1n) is 7.27. The second-order valence-electron chi connectivity index (χ2n) is 5.21. The fourth-order valence-corrected chi connectivity index (χ4v) is 2.12. The highest BCUT2D eigenvalue weighted by molar-refractivity contribution is 5.96. The highest BCUT2D eigenvalue weighted by atomic mass is 16.5. The molecule has 0 atom stereocenters. The number of ether oxygens (including phenoxy) is 1. The van der Waals surface area contributed by atoms with Crippen molar-refractivity contribution >= 4 is 29.2 Å². The monoisotopic (exact) mass is 330 g/mol. The smallest absolute Gasteiger partial charge is 0.342 e. The Morgan fingerprint density at radius 2 is 1.75 bits per heavy atom. The highest BCUT2D eigenvalue weighted by Gasteiger charge is 2.16. The third-order valence-corrected chi connectivity index (χ3v) is 3.06. The quantitative estimate of drug-likeness (QED) is 0.821. The fraction of sp³-hybridized carbons (Fsp3) is 0.235. The summed E-state index contributed by atoms with van der Waals surface area (Å²) >= 11 is 0. The lowest BCUT2D eigenvalue weighted by molar-refractivity contribution is -0.119. The number of hydrogen-bond donors (Lipinski definition) is 2. The number of carbonyl (C=O) groups excluding carboxylic acids is 3. The summed E-state index contributed by atoms with van der Waals surface area (Å²) < 4.78 is 10.2. The van der Waals surface area contributed by atoms with Crippen molar-refractivity contribution < 1.29 is 23.5 Å². The zero-order valence-electron chi connectivity index (χ0n) is 13.6. The Bertz CT molecular complexity index is 779. The van der Waals surface area contributed by atoms with Crippen molar-refractivity contribution in [1.29, 1.82) is 0 Å². The molecule has 2 rings (SSSR count). The molecule has 24 heavy (non-hydrogen) atoms. The van der Waals surface area contributed by atoms with Crippen LogP contribution in [0.5, 0.6) is 0 Å². The van der Waals surface area contributed by atoms with Crippen LogP contribution in [-0.4, -0.2) is 24.4 Å². The van der Waals surface area contributed by atoms with Gasteiger partial charge in [-0.15, -0.1) is 0 Å². The van der Waals surface area contributed by atoms with E-state index in [1.807, 2.05) is 0 Å². The average Bonchev–Trinajstić information content (AvgIpc) is 2.83. The Labute approximate surface area is 139 Å². The average molecular weight is 330 g/mol. The SMILES string of the molecule is CC(=O)Nc1cccc(NC(=O)COC(=O)c2cc(C)oc2C)c1. The van der Waals surface area contributed by atoms with Gasteiger partial charge in [-0.25, -0.2) is 4.79 Å². The van der Waals surface area contributed by atoms with Gasteiger partial charge in [0.15, 0.2) is 6.61 Å². The summed E-state index contributed by atoms with van der Waals surface area (Å²) in [6, 6.07) is 8.21. The van der Waals surface area contributed by atoms with Crippen LogP contribution < -0.4 is 10.6 Å². The molecule has 2 N–H and O–H groups in total. The molecule has 0 spiro atoms. The van der Waals surface area contributed by atoms with Crippen LogP contribution in [-0.2, 0) is 14.3 Å². The van der Waals surface area contributed by atoms with E-state index >= 15 is 0 Å². The number of anilines is 2. The maximum Gasteiger partial charge on any atom is 0.342 e. The summed E-state index contributed by atoms with van der Waals surface area (Å²) in [5.41, 5.74) is 1.34. The number of esters is 1. The molecular formula is C17H18N2O5. The van der Waals surface area contributed by atoms with Crippen LogP contribution in [0.25, 0.3) is 0 Å². The molecule has 1 aromatic heterocycles. The van der Waals surface area contributed by atoms with Gasteiger partial charge in [0, 0.05) is 18.3 Å². The largest absolute Gasteiger partial charge is 0.466 e. The minimum absolute atomic E-state index is 0.210. The number of carbonyl (C=O) groups is 3. The number of furan rings is 1. The van der Waals surface area contributed by atoms with E-state index in [4.69, 9.17) is 9.15 Å². The Morgan fingerprint density at radius 3 is 2.33 bits per heavy atom. The maximum atomic E-state index is 11.9. The summed E-state index contributed by atoms with van der Waals surface area (Å²) in [4.78, 5) is 34.8.